The molecule has 13 heteroatoms. The monoisotopic (exact) mass is 514 g/mol. The fourth-order valence-corrected chi connectivity index (χ4v) is 5.62. The third kappa shape index (κ3) is 3.75. The zero-order valence-corrected chi connectivity index (χ0v) is 19.5. The molecule has 36 heavy (non-hydrogen) atoms. The van der Waals surface area contributed by atoms with E-state index in [1.807, 2.05) is 0 Å². The van der Waals surface area contributed by atoms with E-state index in [1.165, 1.54) is 27.0 Å². The first kappa shape index (κ1) is 26.0. The molecule has 0 radical (unpaired) electrons. The summed E-state index contributed by atoms with van der Waals surface area (Å²) >= 11 is 0. The Bertz CT molecular complexity index is 1170. The summed E-state index contributed by atoms with van der Waals surface area (Å²) in [5.41, 5.74) is -6.62. The topological polar surface area (TPSA) is 115 Å². The molecule has 1 aromatic rings. The van der Waals surface area contributed by atoms with E-state index in [0.29, 0.717) is 11.0 Å². The van der Waals surface area contributed by atoms with Crippen molar-refractivity contribution in [3.63, 3.8) is 0 Å². The molecule has 0 unspecified atom stereocenters. The van der Waals surface area contributed by atoms with Gasteiger partial charge in [0.2, 0.25) is 11.8 Å². The third-order valence-corrected chi connectivity index (χ3v) is 7.10. The summed E-state index contributed by atoms with van der Waals surface area (Å²) in [4.78, 5) is 39.9. The van der Waals surface area contributed by atoms with Crippen LogP contribution in [0.25, 0.3) is 0 Å². The Morgan fingerprint density at radius 3 is 2.50 bits per heavy atom. The molecule has 3 heterocycles. The number of carbonyl (C=O) groups excluding carboxylic acids is 3. The summed E-state index contributed by atoms with van der Waals surface area (Å²) in [6.45, 7) is 3.03. The number of amides is 2. The van der Waals surface area contributed by atoms with E-state index >= 15 is 4.39 Å². The van der Waals surface area contributed by atoms with Crippen LogP contribution in [0.2, 0.25) is 0 Å². The minimum Gasteiger partial charge on any atom is -0.438 e. The maximum atomic E-state index is 15.1. The van der Waals surface area contributed by atoms with Gasteiger partial charge < -0.3 is 18.9 Å². The predicted octanol–water partition coefficient (Wildman–Crippen LogP) is 2.55. The number of anilines is 1. The third-order valence-electron chi connectivity index (χ3n) is 7.10. The van der Waals surface area contributed by atoms with Gasteiger partial charge in [0.05, 0.1) is 59.5 Å². The van der Waals surface area contributed by atoms with E-state index < -0.39 is 75.5 Å². The summed E-state index contributed by atoms with van der Waals surface area (Å²) in [6, 6.07) is 2.76. The van der Waals surface area contributed by atoms with E-state index in [9.17, 15) is 27.6 Å². The normalized spacial score (nSPS) is 31.1. The molecule has 0 aromatic heterocycles. The Morgan fingerprint density at radius 2 is 1.89 bits per heavy atom. The zero-order valence-electron chi connectivity index (χ0n) is 19.5. The lowest BCUT2D eigenvalue weighted by atomic mass is 9.64. The molecule has 0 spiro atoms. The highest BCUT2D eigenvalue weighted by Gasteiger charge is 2.77. The molecule has 194 valence electrons. The summed E-state index contributed by atoms with van der Waals surface area (Å²) in [5, 5.41) is 8.99. The molecule has 9 nitrogen and oxygen atoms in total. The van der Waals surface area contributed by atoms with Gasteiger partial charge in [-0.1, -0.05) is 0 Å². The number of benzene rings is 1. The average Bonchev–Trinajstić information content (AvgIpc) is 3.33. The van der Waals surface area contributed by atoms with E-state index in [2.05, 4.69) is 0 Å². The largest absolute Gasteiger partial charge is 0.438 e. The number of nitrogens with zero attached hydrogens (tertiary/aromatic N) is 2. The van der Waals surface area contributed by atoms with Crippen LogP contribution in [-0.2, 0) is 39.5 Å². The van der Waals surface area contributed by atoms with Gasteiger partial charge in [-0.05, 0) is 32.4 Å². The standard InChI is InChI=1S/C23H22F4N2O7/c1-21-8-12(20(32)35-10-34-7-6-33-3)22(2,36-21)16-15(21)18(30)29(19(16)31)13-5-4-11(9-28)14(17(13)24)23(25,26)27/h4-5,12,15-16H,6-8,10H2,1-3H3/t12-,15+,16-,21+,22-/m0/s1. The molecule has 4 rings (SSSR count). The molecule has 3 aliphatic rings. The number of hydrogen-bond acceptors (Lipinski definition) is 8. The SMILES string of the molecule is COCCOCOC(=O)[C@@H]1C[C@@]2(C)O[C@]1(C)[C@@H]1C(=O)N(c3ccc(C#N)c(C(F)(F)F)c3F)C(=O)[C@@H]12. The van der Waals surface area contributed by atoms with E-state index in [0.717, 1.165) is 6.07 Å². The van der Waals surface area contributed by atoms with Crippen molar-refractivity contribution in [2.45, 2.75) is 37.6 Å². The first-order valence-corrected chi connectivity index (χ1v) is 10.9. The van der Waals surface area contributed by atoms with Crippen molar-refractivity contribution in [2.24, 2.45) is 17.8 Å². The van der Waals surface area contributed by atoms with Crippen molar-refractivity contribution >= 4 is 23.5 Å². The predicted molar refractivity (Wildman–Crippen MR) is 110 cm³/mol. The van der Waals surface area contributed by atoms with Crippen molar-refractivity contribution in [1.82, 2.24) is 0 Å². The van der Waals surface area contributed by atoms with Gasteiger partial charge >= 0.3 is 12.1 Å². The van der Waals surface area contributed by atoms with Crippen LogP contribution in [-0.4, -0.2) is 56.1 Å². The molecule has 3 saturated heterocycles. The van der Waals surface area contributed by atoms with E-state index in [4.69, 9.17) is 24.2 Å². The van der Waals surface area contributed by atoms with E-state index in [-0.39, 0.29) is 26.4 Å². The van der Waals surface area contributed by atoms with Gasteiger partial charge in [0, 0.05) is 7.11 Å². The number of carbonyl (C=O) groups is 3. The van der Waals surface area contributed by atoms with Crippen LogP contribution >= 0.6 is 0 Å². The number of esters is 1. The molecule has 3 aliphatic heterocycles. The van der Waals surface area contributed by atoms with Crippen LogP contribution < -0.4 is 4.90 Å². The Balaban J connectivity index is 1.65. The molecule has 0 N–H and O–H groups in total. The quantitative estimate of drug-likeness (QED) is 0.179. The lowest BCUT2D eigenvalue weighted by Crippen LogP contribution is -2.49. The van der Waals surface area contributed by atoms with Crippen LogP contribution in [0.3, 0.4) is 0 Å². The molecule has 1 aromatic carbocycles. The average molecular weight is 514 g/mol. The maximum Gasteiger partial charge on any atom is 0.420 e. The smallest absolute Gasteiger partial charge is 0.420 e. The van der Waals surface area contributed by atoms with Crippen LogP contribution in [0.15, 0.2) is 12.1 Å². The molecule has 2 bridgehead atoms. The molecule has 3 fully saturated rings. The Kier molecular flexibility index (Phi) is 6.35. The summed E-state index contributed by atoms with van der Waals surface area (Å²) in [6.07, 6.45) is -5.24. The fraction of sp³-hybridized carbons (Fsp3) is 0.565. The van der Waals surface area contributed by atoms with E-state index in [1.54, 1.807) is 0 Å². The number of rotatable bonds is 7. The first-order valence-electron chi connectivity index (χ1n) is 10.9. The van der Waals surface area contributed by atoms with Gasteiger partial charge in [-0.25, -0.2) is 9.29 Å². The van der Waals surface area contributed by atoms with Gasteiger partial charge in [0.25, 0.3) is 0 Å². The number of nitriles is 1. The van der Waals surface area contributed by atoms with Gasteiger partial charge in [-0.2, -0.15) is 18.4 Å². The lowest BCUT2D eigenvalue weighted by Gasteiger charge is -2.33. The minimum absolute atomic E-state index is 0.00190. The van der Waals surface area contributed by atoms with Crippen LogP contribution in [0.5, 0.6) is 0 Å². The maximum absolute atomic E-state index is 15.1. The van der Waals surface area contributed by atoms with Crippen LogP contribution in [0.4, 0.5) is 23.2 Å². The van der Waals surface area contributed by atoms with Crippen molar-refractivity contribution in [3.8, 4) is 6.07 Å². The Labute approximate surface area is 202 Å². The van der Waals surface area contributed by atoms with Crippen molar-refractivity contribution in [3.05, 3.63) is 29.1 Å². The second kappa shape index (κ2) is 8.79. The molecule has 0 aliphatic carbocycles. The van der Waals surface area contributed by atoms with Crippen LogP contribution in [0, 0.1) is 34.9 Å². The zero-order chi connectivity index (χ0) is 26.6. The molecular weight excluding hydrogens is 492 g/mol. The minimum atomic E-state index is -5.24. The Morgan fingerprint density at radius 1 is 1.22 bits per heavy atom. The first-order chi connectivity index (χ1) is 16.8. The molecule has 2 amide bonds. The number of methoxy groups -OCH3 is 1. The van der Waals surface area contributed by atoms with Crippen molar-refractivity contribution in [2.75, 3.05) is 32.0 Å². The second-order valence-corrected chi connectivity index (χ2v) is 9.24. The highest BCUT2D eigenvalue weighted by Crippen LogP contribution is 2.63. The number of imide groups is 1. The fourth-order valence-electron chi connectivity index (χ4n) is 5.62. The van der Waals surface area contributed by atoms with Crippen LogP contribution in [0.1, 0.15) is 31.4 Å². The molecular formula is C23H22F4N2O7. The van der Waals surface area contributed by atoms with Crippen molar-refractivity contribution in [1.29, 1.82) is 5.26 Å². The number of ether oxygens (including phenoxy) is 4. The lowest BCUT2D eigenvalue weighted by molar-refractivity contribution is -0.169. The number of halogens is 4. The number of alkyl halides is 3. The number of fused-ring (bicyclic) bond motifs is 5. The van der Waals surface area contributed by atoms with Gasteiger partial charge in [-0.3, -0.25) is 14.4 Å². The molecule has 5 atom stereocenters. The van der Waals surface area contributed by atoms with Crippen molar-refractivity contribution < 1.29 is 50.9 Å². The number of hydrogen-bond donors (Lipinski definition) is 0. The van der Waals surface area contributed by atoms with Gasteiger partial charge in [0.1, 0.15) is 5.56 Å². The van der Waals surface area contributed by atoms with Gasteiger partial charge in [0.15, 0.2) is 12.6 Å². The summed E-state index contributed by atoms with van der Waals surface area (Å²) in [7, 11) is 1.47. The molecule has 0 saturated carbocycles. The highest BCUT2D eigenvalue weighted by atomic mass is 19.4. The Hall–Kier alpha value is -3.08. The second-order valence-electron chi connectivity index (χ2n) is 9.24. The van der Waals surface area contributed by atoms with Gasteiger partial charge in [-0.15, -0.1) is 0 Å². The summed E-state index contributed by atoms with van der Waals surface area (Å²) < 4.78 is 76.6. The highest BCUT2D eigenvalue weighted by molar-refractivity contribution is 6.23. The summed E-state index contributed by atoms with van der Waals surface area (Å²) in [5.74, 6) is -7.98.